The molecule has 0 aromatic heterocycles. The molecule has 8 nitrogen and oxygen atoms in total. The maximum atomic E-state index is 11.2. The van der Waals surface area contributed by atoms with Gasteiger partial charge in [-0.2, -0.15) is 0 Å². The Labute approximate surface area is 154 Å². The van der Waals surface area contributed by atoms with Gasteiger partial charge in [0.05, 0.1) is 33.0 Å². The molecular formula is C16H30ClNO7. The number of amides is 1. The second-order valence-electron chi connectivity index (χ2n) is 5.18. The minimum atomic E-state index is -1.11. The zero-order chi connectivity index (χ0) is 18.6. The van der Waals surface area contributed by atoms with Crippen molar-refractivity contribution >= 4 is 23.5 Å². The molecule has 0 aliphatic rings. The van der Waals surface area contributed by atoms with Crippen LogP contribution in [0, 0.1) is 0 Å². The molecule has 0 rings (SSSR count). The fraction of sp³-hybridized carbons (Fsp3) is 0.875. The summed E-state index contributed by atoms with van der Waals surface area (Å²) in [6.45, 7) is 2.68. The van der Waals surface area contributed by atoms with Gasteiger partial charge in [0, 0.05) is 19.0 Å². The monoisotopic (exact) mass is 383 g/mol. The molecule has 0 unspecified atom stereocenters. The predicted octanol–water partition coefficient (Wildman–Crippen LogP) is 1.05. The number of halogens is 1. The van der Waals surface area contributed by atoms with E-state index in [2.05, 4.69) is 10.1 Å². The number of carbonyl (C=O) groups is 2. The molecule has 9 heteroatoms. The Bertz CT molecular complexity index is 332. The van der Waals surface area contributed by atoms with Crippen molar-refractivity contribution in [2.75, 3.05) is 65.3 Å². The molecule has 0 spiro atoms. The third-order valence-corrected chi connectivity index (χ3v) is 3.21. The third-order valence-electron chi connectivity index (χ3n) is 2.94. The number of hydrogen-bond donors (Lipinski definition) is 2. The first-order valence-corrected chi connectivity index (χ1v) is 9.05. The van der Waals surface area contributed by atoms with Gasteiger partial charge in [-0.3, -0.25) is 4.79 Å². The van der Waals surface area contributed by atoms with Crippen LogP contribution >= 0.6 is 11.6 Å². The van der Waals surface area contributed by atoms with Crippen LogP contribution in [0.1, 0.15) is 25.7 Å². The predicted molar refractivity (Wildman–Crippen MR) is 93.1 cm³/mol. The van der Waals surface area contributed by atoms with Crippen LogP contribution in [0.5, 0.6) is 0 Å². The molecule has 1 amide bonds. The molecule has 148 valence electrons. The average molecular weight is 384 g/mol. The molecule has 0 saturated carbocycles. The van der Waals surface area contributed by atoms with E-state index in [4.69, 9.17) is 30.9 Å². The van der Waals surface area contributed by atoms with Gasteiger partial charge in [0.25, 0.3) is 0 Å². The summed E-state index contributed by atoms with van der Waals surface area (Å²) in [5.74, 6) is -0.755. The van der Waals surface area contributed by atoms with Crippen LogP contribution in [0.2, 0.25) is 0 Å². The van der Waals surface area contributed by atoms with Crippen molar-refractivity contribution in [3.8, 4) is 0 Å². The Hall–Kier alpha value is -0.930. The molecule has 0 bridgehead atoms. The van der Waals surface area contributed by atoms with Crippen molar-refractivity contribution in [2.24, 2.45) is 0 Å². The fourth-order valence-corrected chi connectivity index (χ4v) is 1.93. The normalized spacial score (nSPS) is 10.8. The van der Waals surface area contributed by atoms with Gasteiger partial charge >= 0.3 is 5.97 Å². The number of carboxylic acids is 1. The highest BCUT2D eigenvalue weighted by Crippen LogP contribution is 2.00. The minimum absolute atomic E-state index is 0.276. The first-order valence-electron chi connectivity index (χ1n) is 8.52. The van der Waals surface area contributed by atoms with Crippen LogP contribution in [-0.4, -0.2) is 82.3 Å². The lowest BCUT2D eigenvalue weighted by Crippen LogP contribution is -2.31. The lowest BCUT2D eigenvalue weighted by atomic mass is 10.2. The zero-order valence-corrected chi connectivity index (χ0v) is 15.4. The van der Waals surface area contributed by atoms with E-state index in [9.17, 15) is 9.59 Å². The lowest BCUT2D eigenvalue weighted by Gasteiger charge is -2.08. The molecule has 25 heavy (non-hydrogen) atoms. The highest BCUT2D eigenvalue weighted by atomic mass is 35.5. The molecule has 0 aliphatic heterocycles. The van der Waals surface area contributed by atoms with Gasteiger partial charge in [0.2, 0.25) is 5.91 Å². The molecule has 0 atom stereocenters. The molecule has 0 aliphatic carbocycles. The Morgan fingerprint density at radius 1 is 0.760 bits per heavy atom. The van der Waals surface area contributed by atoms with Crippen LogP contribution in [0.15, 0.2) is 0 Å². The SMILES string of the molecule is O=C(O)COCC(=O)NCCOCCOCCOCCCCCCCl. The van der Waals surface area contributed by atoms with E-state index in [0.29, 0.717) is 39.6 Å². The summed E-state index contributed by atoms with van der Waals surface area (Å²) in [4.78, 5) is 21.4. The summed E-state index contributed by atoms with van der Waals surface area (Å²) >= 11 is 5.59. The number of ether oxygens (including phenoxy) is 4. The van der Waals surface area contributed by atoms with Crippen molar-refractivity contribution in [1.29, 1.82) is 0 Å². The Morgan fingerprint density at radius 2 is 1.36 bits per heavy atom. The van der Waals surface area contributed by atoms with Gasteiger partial charge < -0.3 is 29.4 Å². The maximum Gasteiger partial charge on any atom is 0.329 e. The summed E-state index contributed by atoms with van der Waals surface area (Å²) in [5, 5.41) is 10.9. The summed E-state index contributed by atoms with van der Waals surface area (Å²) < 4.78 is 20.7. The highest BCUT2D eigenvalue weighted by molar-refractivity contribution is 6.17. The standard InChI is InChI=1S/C16H30ClNO7/c17-5-3-1-2-4-7-22-9-11-24-12-10-23-8-6-18-15(19)13-25-14-16(20)21/h1-14H2,(H,18,19)(H,20,21). The number of hydrogen-bond acceptors (Lipinski definition) is 6. The average Bonchev–Trinajstić information content (AvgIpc) is 2.58. The zero-order valence-electron chi connectivity index (χ0n) is 14.7. The second-order valence-corrected chi connectivity index (χ2v) is 5.55. The third kappa shape index (κ3) is 21.0. The van der Waals surface area contributed by atoms with E-state index in [-0.39, 0.29) is 12.5 Å². The second kappa shape index (κ2) is 19.4. The molecule has 0 aromatic carbocycles. The van der Waals surface area contributed by atoms with Crippen LogP contribution in [0.25, 0.3) is 0 Å². The first-order chi connectivity index (χ1) is 12.2. The van der Waals surface area contributed by atoms with Crippen molar-refractivity contribution < 1.29 is 33.6 Å². The molecule has 0 fully saturated rings. The molecule has 2 N–H and O–H groups in total. The maximum absolute atomic E-state index is 11.2. The van der Waals surface area contributed by atoms with Gasteiger partial charge in [0.1, 0.15) is 13.2 Å². The van der Waals surface area contributed by atoms with Crippen LogP contribution in [-0.2, 0) is 28.5 Å². The van der Waals surface area contributed by atoms with E-state index in [1.165, 1.54) is 0 Å². The number of alkyl halides is 1. The largest absolute Gasteiger partial charge is 0.480 e. The summed E-state index contributed by atoms with van der Waals surface area (Å²) in [7, 11) is 0. The van der Waals surface area contributed by atoms with E-state index < -0.39 is 12.6 Å². The van der Waals surface area contributed by atoms with Gasteiger partial charge in [-0.1, -0.05) is 12.8 Å². The van der Waals surface area contributed by atoms with Gasteiger partial charge in [0.15, 0.2) is 0 Å². The van der Waals surface area contributed by atoms with Crippen LogP contribution < -0.4 is 5.32 Å². The van der Waals surface area contributed by atoms with Gasteiger partial charge in [-0.05, 0) is 12.8 Å². The van der Waals surface area contributed by atoms with Gasteiger partial charge in [-0.15, -0.1) is 11.6 Å². The fourth-order valence-electron chi connectivity index (χ4n) is 1.74. The molecule has 0 radical (unpaired) electrons. The van der Waals surface area contributed by atoms with E-state index in [0.717, 1.165) is 38.2 Å². The van der Waals surface area contributed by atoms with Crippen LogP contribution in [0.4, 0.5) is 0 Å². The minimum Gasteiger partial charge on any atom is -0.480 e. The van der Waals surface area contributed by atoms with Crippen molar-refractivity contribution in [2.45, 2.75) is 25.7 Å². The number of carboxylic acid groups (broad SMARTS) is 1. The summed E-state index contributed by atoms with van der Waals surface area (Å²) in [6, 6.07) is 0. The summed E-state index contributed by atoms with van der Waals surface area (Å²) in [6.07, 6.45) is 4.40. The number of rotatable bonds is 19. The molecule has 0 saturated heterocycles. The number of carbonyl (C=O) groups excluding carboxylic acids is 1. The molecular weight excluding hydrogens is 354 g/mol. The first kappa shape index (κ1) is 24.1. The Kier molecular flexibility index (Phi) is 18.7. The van der Waals surface area contributed by atoms with E-state index in [1.807, 2.05) is 0 Å². The number of nitrogens with one attached hydrogen (secondary N) is 1. The van der Waals surface area contributed by atoms with Crippen molar-refractivity contribution in [3.63, 3.8) is 0 Å². The Balaban J connectivity index is 3.11. The van der Waals surface area contributed by atoms with Gasteiger partial charge in [-0.25, -0.2) is 4.79 Å². The van der Waals surface area contributed by atoms with E-state index in [1.54, 1.807) is 0 Å². The molecule has 0 aromatic rings. The summed E-state index contributed by atoms with van der Waals surface area (Å²) in [5.41, 5.74) is 0. The van der Waals surface area contributed by atoms with E-state index >= 15 is 0 Å². The Morgan fingerprint density at radius 3 is 2.00 bits per heavy atom. The number of aliphatic carboxylic acids is 1. The number of unbranched alkanes of at least 4 members (excludes halogenated alkanes) is 3. The quantitative estimate of drug-likeness (QED) is 0.254. The smallest absolute Gasteiger partial charge is 0.329 e. The van der Waals surface area contributed by atoms with Crippen molar-refractivity contribution in [3.05, 3.63) is 0 Å². The highest BCUT2D eigenvalue weighted by Gasteiger charge is 2.02. The molecule has 0 heterocycles. The van der Waals surface area contributed by atoms with Crippen LogP contribution in [0.3, 0.4) is 0 Å². The lowest BCUT2D eigenvalue weighted by molar-refractivity contribution is -0.143. The van der Waals surface area contributed by atoms with Crippen molar-refractivity contribution in [1.82, 2.24) is 5.32 Å². The topological polar surface area (TPSA) is 103 Å².